The molecule has 3 aromatic rings. The fourth-order valence-corrected chi connectivity index (χ4v) is 2.99. The fourth-order valence-electron chi connectivity index (χ4n) is 2.99. The van der Waals surface area contributed by atoms with Gasteiger partial charge in [-0.3, -0.25) is 13.9 Å². The number of carbonyl (C=O) groups is 1. The van der Waals surface area contributed by atoms with Crippen molar-refractivity contribution in [3.05, 3.63) is 64.1 Å². The maximum absolute atomic E-state index is 12.4. The van der Waals surface area contributed by atoms with Crippen molar-refractivity contribution in [3.8, 4) is 0 Å². The van der Waals surface area contributed by atoms with Crippen molar-refractivity contribution in [2.75, 3.05) is 5.32 Å². The van der Waals surface area contributed by atoms with E-state index in [1.165, 1.54) is 0 Å². The summed E-state index contributed by atoms with van der Waals surface area (Å²) in [6, 6.07) is 13.5. The third-order valence-electron chi connectivity index (χ3n) is 4.37. The number of carbonyl (C=O) groups excluding carboxylic acids is 1. The third kappa shape index (κ3) is 2.85. The first-order valence-corrected chi connectivity index (χ1v) is 8.03. The van der Waals surface area contributed by atoms with Crippen LogP contribution in [0.15, 0.2) is 47.3 Å². The number of rotatable bonds is 4. The first kappa shape index (κ1) is 16.1. The number of nitrogens with zero attached hydrogens (tertiary/aromatic N) is 2. The lowest BCUT2D eigenvalue weighted by Gasteiger charge is -2.10. The number of hydrogen-bond donors (Lipinski definition) is 1. The van der Waals surface area contributed by atoms with Gasteiger partial charge in [-0.1, -0.05) is 31.2 Å². The van der Waals surface area contributed by atoms with Crippen LogP contribution in [0.25, 0.3) is 11.0 Å². The van der Waals surface area contributed by atoms with Crippen molar-refractivity contribution >= 4 is 22.6 Å². The van der Waals surface area contributed by atoms with Gasteiger partial charge in [-0.05, 0) is 35.7 Å². The minimum Gasteiger partial charge on any atom is -0.326 e. The summed E-state index contributed by atoms with van der Waals surface area (Å²) in [4.78, 5) is 24.3. The molecule has 0 unspecified atom stereocenters. The standard InChI is InChI=1S/C19H21N3O2/c1-4-14-7-5-6-8-15(14)20-18(23)12-13-9-10-16-17(11-13)22(3)19(24)21(16)2/h5-11H,4,12H2,1-3H3,(H,20,23). The number of hydrogen-bond acceptors (Lipinski definition) is 2. The molecule has 5 nitrogen and oxygen atoms in total. The van der Waals surface area contributed by atoms with E-state index in [9.17, 15) is 9.59 Å². The number of nitrogens with one attached hydrogen (secondary N) is 1. The van der Waals surface area contributed by atoms with Crippen LogP contribution in [0.4, 0.5) is 5.69 Å². The molecule has 0 bridgehead atoms. The molecule has 2 aromatic carbocycles. The van der Waals surface area contributed by atoms with E-state index in [4.69, 9.17) is 0 Å². The molecule has 1 heterocycles. The lowest BCUT2D eigenvalue weighted by molar-refractivity contribution is -0.115. The summed E-state index contributed by atoms with van der Waals surface area (Å²) in [5.41, 5.74) is 4.49. The largest absolute Gasteiger partial charge is 0.328 e. The first-order chi connectivity index (χ1) is 11.5. The molecular weight excluding hydrogens is 302 g/mol. The van der Waals surface area contributed by atoms with Gasteiger partial charge in [0.2, 0.25) is 5.91 Å². The van der Waals surface area contributed by atoms with E-state index in [0.717, 1.165) is 34.3 Å². The summed E-state index contributed by atoms with van der Waals surface area (Å²) in [5.74, 6) is -0.0591. The van der Waals surface area contributed by atoms with E-state index < -0.39 is 0 Å². The summed E-state index contributed by atoms with van der Waals surface area (Å²) in [6.07, 6.45) is 1.14. The highest BCUT2D eigenvalue weighted by Gasteiger charge is 2.11. The van der Waals surface area contributed by atoms with Crippen LogP contribution >= 0.6 is 0 Å². The summed E-state index contributed by atoms with van der Waals surface area (Å²) in [5, 5.41) is 2.98. The number of amides is 1. The predicted molar refractivity (Wildman–Crippen MR) is 96.3 cm³/mol. The second kappa shape index (κ2) is 6.35. The normalized spacial score (nSPS) is 11.0. The number of benzene rings is 2. The van der Waals surface area contributed by atoms with E-state index in [0.29, 0.717) is 0 Å². The van der Waals surface area contributed by atoms with Gasteiger partial charge in [0, 0.05) is 19.8 Å². The Morgan fingerprint density at radius 3 is 2.50 bits per heavy atom. The smallest absolute Gasteiger partial charge is 0.326 e. The molecule has 0 fully saturated rings. The molecule has 0 radical (unpaired) electrons. The number of fused-ring (bicyclic) bond motifs is 1. The van der Waals surface area contributed by atoms with Gasteiger partial charge in [0.05, 0.1) is 17.5 Å². The quantitative estimate of drug-likeness (QED) is 0.802. The highest BCUT2D eigenvalue weighted by molar-refractivity contribution is 5.93. The van der Waals surface area contributed by atoms with Gasteiger partial charge in [-0.2, -0.15) is 0 Å². The first-order valence-electron chi connectivity index (χ1n) is 8.03. The van der Waals surface area contributed by atoms with Crippen molar-refractivity contribution in [1.29, 1.82) is 0 Å². The molecule has 0 saturated carbocycles. The Morgan fingerprint density at radius 1 is 1.04 bits per heavy atom. The highest BCUT2D eigenvalue weighted by atomic mass is 16.2. The average molecular weight is 323 g/mol. The molecule has 0 saturated heterocycles. The summed E-state index contributed by atoms with van der Waals surface area (Å²) < 4.78 is 3.21. The second-order valence-corrected chi connectivity index (χ2v) is 5.96. The molecule has 1 aromatic heterocycles. The maximum Gasteiger partial charge on any atom is 0.328 e. The molecular formula is C19H21N3O2. The Labute approximate surface area is 140 Å². The minimum atomic E-state index is -0.0662. The van der Waals surface area contributed by atoms with Gasteiger partial charge in [-0.15, -0.1) is 0 Å². The van der Waals surface area contributed by atoms with Gasteiger partial charge < -0.3 is 5.32 Å². The lowest BCUT2D eigenvalue weighted by Crippen LogP contribution is -2.19. The Kier molecular flexibility index (Phi) is 4.25. The molecule has 3 rings (SSSR count). The number of aromatic nitrogens is 2. The maximum atomic E-state index is 12.4. The minimum absolute atomic E-state index is 0.0591. The van der Waals surface area contributed by atoms with Crippen molar-refractivity contribution in [3.63, 3.8) is 0 Å². The number of para-hydroxylation sites is 1. The summed E-state index contributed by atoms with van der Waals surface area (Å²) in [6.45, 7) is 2.06. The van der Waals surface area contributed by atoms with Crippen molar-refractivity contribution in [2.45, 2.75) is 19.8 Å². The molecule has 124 valence electrons. The van der Waals surface area contributed by atoms with Crippen molar-refractivity contribution < 1.29 is 4.79 Å². The zero-order chi connectivity index (χ0) is 17.3. The molecule has 24 heavy (non-hydrogen) atoms. The van der Waals surface area contributed by atoms with Gasteiger partial charge in [0.15, 0.2) is 0 Å². The third-order valence-corrected chi connectivity index (χ3v) is 4.37. The van der Waals surface area contributed by atoms with Crippen LogP contribution in [0.5, 0.6) is 0 Å². The van der Waals surface area contributed by atoms with Gasteiger partial charge >= 0.3 is 5.69 Å². The fraction of sp³-hybridized carbons (Fsp3) is 0.263. The average Bonchev–Trinajstić information content (AvgIpc) is 2.79. The van der Waals surface area contributed by atoms with Crippen LogP contribution in [0.1, 0.15) is 18.1 Å². The Hall–Kier alpha value is -2.82. The Morgan fingerprint density at radius 2 is 1.75 bits per heavy atom. The van der Waals surface area contributed by atoms with Crippen LogP contribution in [0.2, 0.25) is 0 Å². The molecule has 0 aliphatic rings. The van der Waals surface area contributed by atoms with Crippen molar-refractivity contribution in [2.24, 2.45) is 14.1 Å². The Balaban J connectivity index is 1.83. The highest BCUT2D eigenvalue weighted by Crippen LogP contribution is 2.17. The van der Waals surface area contributed by atoms with Crippen LogP contribution in [0, 0.1) is 0 Å². The molecule has 1 amide bonds. The summed E-state index contributed by atoms with van der Waals surface area (Å²) in [7, 11) is 3.49. The van der Waals surface area contributed by atoms with Gasteiger partial charge in [-0.25, -0.2) is 4.79 Å². The molecule has 0 spiro atoms. The van der Waals surface area contributed by atoms with Crippen LogP contribution in [-0.4, -0.2) is 15.0 Å². The van der Waals surface area contributed by atoms with Crippen LogP contribution < -0.4 is 11.0 Å². The second-order valence-electron chi connectivity index (χ2n) is 5.96. The van der Waals surface area contributed by atoms with E-state index in [1.807, 2.05) is 42.5 Å². The molecule has 0 aliphatic heterocycles. The molecule has 5 heteroatoms. The predicted octanol–water partition coefficient (Wildman–Crippen LogP) is 2.62. The summed E-state index contributed by atoms with van der Waals surface area (Å²) >= 11 is 0. The van der Waals surface area contributed by atoms with Gasteiger partial charge in [0.1, 0.15) is 0 Å². The molecule has 1 N–H and O–H groups in total. The Bertz CT molecular complexity index is 966. The zero-order valence-corrected chi connectivity index (χ0v) is 14.2. The molecule has 0 aliphatic carbocycles. The topological polar surface area (TPSA) is 56.0 Å². The molecule has 0 atom stereocenters. The number of imidazole rings is 1. The van der Waals surface area contributed by atoms with Crippen molar-refractivity contribution in [1.82, 2.24) is 9.13 Å². The number of anilines is 1. The lowest BCUT2D eigenvalue weighted by atomic mass is 10.1. The van der Waals surface area contributed by atoms with Gasteiger partial charge in [0.25, 0.3) is 0 Å². The van der Waals surface area contributed by atoms with E-state index in [1.54, 1.807) is 23.2 Å². The monoisotopic (exact) mass is 323 g/mol. The number of aryl methyl sites for hydroxylation is 3. The van der Waals surface area contributed by atoms with E-state index in [-0.39, 0.29) is 18.0 Å². The van der Waals surface area contributed by atoms with Crippen LogP contribution in [-0.2, 0) is 31.7 Å². The SMILES string of the molecule is CCc1ccccc1NC(=O)Cc1ccc2c(c1)n(C)c(=O)n2C. The van der Waals surface area contributed by atoms with Crippen LogP contribution in [0.3, 0.4) is 0 Å². The zero-order valence-electron chi connectivity index (χ0n) is 14.2. The van der Waals surface area contributed by atoms with E-state index in [2.05, 4.69) is 12.2 Å². The van der Waals surface area contributed by atoms with E-state index >= 15 is 0 Å².